The van der Waals surface area contributed by atoms with Crippen molar-refractivity contribution in [1.29, 1.82) is 0 Å². The molecule has 76 valence electrons. The number of para-hydroxylation sites is 2. The van der Waals surface area contributed by atoms with Crippen LogP contribution >= 0.6 is 0 Å². The number of benzene rings is 1. The maximum atomic E-state index is 5.76. The Labute approximate surface area is 84.3 Å². The van der Waals surface area contributed by atoms with E-state index in [2.05, 4.69) is 5.32 Å². The number of nitrogen functional groups attached to an aromatic ring is 1. The molecule has 0 amide bonds. The van der Waals surface area contributed by atoms with E-state index in [-0.39, 0.29) is 0 Å². The molecule has 1 heterocycles. The van der Waals surface area contributed by atoms with E-state index in [1.165, 1.54) is 6.42 Å². The van der Waals surface area contributed by atoms with E-state index in [1.54, 1.807) is 0 Å². The molecule has 0 spiro atoms. The number of ether oxygens (including phenoxy) is 1. The zero-order chi connectivity index (χ0) is 9.80. The van der Waals surface area contributed by atoms with Crippen molar-refractivity contribution in [3.8, 4) is 5.75 Å². The predicted molar refractivity (Wildman–Crippen MR) is 57.3 cm³/mol. The fourth-order valence-corrected chi connectivity index (χ4v) is 1.68. The third-order valence-electron chi connectivity index (χ3n) is 2.56. The third kappa shape index (κ3) is 2.17. The van der Waals surface area contributed by atoms with Gasteiger partial charge in [0.2, 0.25) is 0 Å². The van der Waals surface area contributed by atoms with Gasteiger partial charge in [0.05, 0.1) is 12.3 Å². The highest BCUT2D eigenvalue weighted by atomic mass is 16.5. The molecular formula is C11H16N2O. The highest BCUT2D eigenvalue weighted by Gasteiger charge is 2.15. The van der Waals surface area contributed by atoms with E-state index in [0.29, 0.717) is 5.92 Å². The second-order valence-corrected chi connectivity index (χ2v) is 3.71. The Morgan fingerprint density at radius 3 is 3.00 bits per heavy atom. The maximum absolute atomic E-state index is 5.76. The minimum Gasteiger partial charge on any atom is -0.491 e. The molecule has 0 saturated carbocycles. The van der Waals surface area contributed by atoms with Crippen molar-refractivity contribution in [3.05, 3.63) is 24.3 Å². The highest BCUT2D eigenvalue weighted by molar-refractivity contribution is 5.51. The van der Waals surface area contributed by atoms with E-state index >= 15 is 0 Å². The Morgan fingerprint density at radius 2 is 2.29 bits per heavy atom. The SMILES string of the molecule is Nc1ccccc1OCC1CCNC1. The molecule has 0 radical (unpaired) electrons. The molecule has 1 atom stereocenters. The van der Waals surface area contributed by atoms with Crippen molar-refractivity contribution in [1.82, 2.24) is 5.32 Å². The first kappa shape index (κ1) is 9.34. The second-order valence-electron chi connectivity index (χ2n) is 3.71. The number of hydrogen-bond acceptors (Lipinski definition) is 3. The van der Waals surface area contributed by atoms with Crippen LogP contribution in [0.15, 0.2) is 24.3 Å². The lowest BCUT2D eigenvalue weighted by Crippen LogP contribution is -2.15. The number of anilines is 1. The average molecular weight is 192 g/mol. The smallest absolute Gasteiger partial charge is 0.142 e. The van der Waals surface area contributed by atoms with Crippen molar-refractivity contribution in [2.45, 2.75) is 6.42 Å². The summed E-state index contributed by atoms with van der Waals surface area (Å²) >= 11 is 0. The summed E-state index contributed by atoms with van der Waals surface area (Å²) in [5.41, 5.74) is 6.49. The van der Waals surface area contributed by atoms with E-state index in [1.807, 2.05) is 24.3 Å². The summed E-state index contributed by atoms with van der Waals surface area (Å²) in [6, 6.07) is 7.64. The second kappa shape index (κ2) is 4.33. The van der Waals surface area contributed by atoms with Gasteiger partial charge in [0.25, 0.3) is 0 Å². The van der Waals surface area contributed by atoms with Gasteiger partial charge in [-0.2, -0.15) is 0 Å². The van der Waals surface area contributed by atoms with Gasteiger partial charge in [0.1, 0.15) is 5.75 Å². The molecule has 1 aromatic rings. The molecule has 14 heavy (non-hydrogen) atoms. The fourth-order valence-electron chi connectivity index (χ4n) is 1.68. The molecule has 1 fully saturated rings. The molecule has 1 aromatic carbocycles. The molecule has 1 aliphatic heterocycles. The molecule has 3 N–H and O–H groups in total. The first-order valence-corrected chi connectivity index (χ1v) is 5.04. The van der Waals surface area contributed by atoms with Gasteiger partial charge in [-0.05, 0) is 25.1 Å². The van der Waals surface area contributed by atoms with Crippen molar-refractivity contribution < 1.29 is 4.74 Å². The first-order valence-electron chi connectivity index (χ1n) is 5.04. The minimum absolute atomic E-state index is 0.634. The van der Waals surface area contributed by atoms with Crippen LogP contribution < -0.4 is 15.8 Å². The monoisotopic (exact) mass is 192 g/mol. The third-order valence-corrected chi connectivity index (χ3v) is 2.56. The van der Waals surface area contributed by atoms with Crippen LogP contribution in [0.4, 0.5) is 5.69 Å². The lowest BCUT2D eigenvalue weighted by molar-refractivity contribution is 0.261. The predicted octanol–water partition coefficient (Wildman–Crippen LogP) is 1.26. The van der Waals surface area contributed by atoms with E-state index < -0.39 is 0 Å². The summed E-state index contributed by atoms with van der Waals surface area (Å²) in [5, 5.41) is 3.31. The summed E-state index contributed by atoms with van der Waals surface area (Å²) in [4.78, 5) is 0. The normalized spacial score (nSPS) is 21.0. The van der Waals surface area contributed by atoms with Crippen LogP contribution in [0.25, 0.3) is 0 Å². The first-order chi connectivity index (χ1) is 6.86. The summed E-state index contributed by atoms with van der Waals surface area (Å²) < 4.78 is 5.66. The quantitative estimate of drug-likeness (QED) is 0.709. The molecule has 0 aromatic heterocycles. The largest absolute Gasteiger partial charge is 0.491 e. The molecule has 2 rings (SSSR count). The fraction of sp³-hybridized carbons (Fsp3) is 0.455. The lowest BCUT2D eigenvalue weighted by atomic mass is 10.1. The summed E-state index contributed by atoms with van der Waals surface area (Å²) in [7, 11) is 0. The Balaban J connectivity index is 1.88. The van der Waals surface area contributed by atoms with Gasteiger partial charge in [-0.15, -0.1) is 0 Å². The molecule has 3 nitrogen and oxygen atoms in total. The number of hydrogen-bond donors (Lipinski definition) is 2. The van der Waals surface area contributed by atoms with Crippen LogP contribution in [-0.4, -0.2) is 19.7 Å². The van der Waals surface area contributed by atoms with Crippen LogP contribution in [0.1, 0.15) is 6.42 Å². The van der Waals surface area contributed by atoms with Crippen molar-refractivity contribution >= 4 is 5.69 Å². The molecule has 1 unspecified atom stereocenters. The Bertz CT molecular complexity index is 295. The zero-order valence-electron chi connectivity index (χ0n) is 8.20. The Morgan fingerprint density at radius 1 is 1.43 bits per heavy atom. The average Bonchev–Trinajstić information content (AvgIpc) is 2.69. The van der Waals surface area contributed by atoms with Crippen molar-refractivity contribution in [2.75, 3.05) is 25.4 Å². The topological polar surface area (TPSA) is 47.3 Å². The summed E-state index contributed by atoms with van der Waals surface area (Å²) in [6.07, 6.45) is 1.20. The Kier molecular flexibility index (Phi) is 2.89. The molecular weight excluding hydrogens is 176 g/mol. The molecule has 1 saturated heterocycles. The van der Waals surface area contributed by atoms with Gasteiger partial charge < -0.3 is 15.8 Å². The van der Waals surface area contributed by atoms with Crippen molar-refractivity contribution in [3.63, 3.8) is 0 Å². The van der Waals surface area contributed by atoms with Crippen LogP contribution in [-0.2, 0) is 0 Å². The molecule has 3 heteroatoms. The van der Waals surface area contributed by atoms with Crippen molar-refractivity contribution in [2.24, 2.45) is 5.92 Å². The zero-order valence-corrected chi connectivity index (χ0v) is 8.20. The lowest BCUT2D eigenvalue weighted by Gasteiger charge is -2.12. The highest BCUT2D eigenvalue weighted by Crippen LogP contribution is 2.21. The molecule has 1 aliphatic rings. The number of nitrogens with two attached hydrogens (primary N) is 1. The number of nitrogens with one attached hydrogen (secondary N) is 1. The van der Waals surface area contributed by atoms with Crippen LogP contribution in [0.5, 0.6) is 5.75 Å². The molecule has 0 aliphatic carbocycles. The van der Waals surface area contributed by atoms with Gasteiger partial charge in [0, 0.05) is 12.5 Å². The molecule has 0 bridgehead atoms. The van der Waals surface area contributed by atoms with Gasteiger partial charge >= 0.3 is 0 Å². The van der Waals surface area contributed by atoms with Crippen LogP contribution in [0.2, 0.25) is 0 Å². The van der Waals surface area contributed by atoms with E-state index in [0.717, 1.165) is 31.1 Å². The standard InChI is InChI=1S/C11H16N2O/c12-10-3-1-2-4-11(10)14-8-9-5-6-13-7-9/h1-4,9,13H,5-8,12H2. The van der Waals surface area contributed by atoms with Gasteiger partial charge in [-0.1, -0.05) is 12.1 Å². The van der Waals surface area contributed by atoms with Gasteiger partial charge in [-0.25, -0.2) is 0 Å². The number of rotatable bonds is 3. The summed E-state index contributed by atoms with van der Waals surface area (Å²) in [5.74, 6) is 1.44. The maximum Gasteiger partial charge on any atom is 0.142 e. The van der Waals surface area contributed by atoms with Gasteiger partial charge in [0.15, 0.2) is 0 Å². The van der Waals surface area contributed by atoms with Gasteiger partial charge in [-0.3, -0.25) is 0 Å². The Hall–Kier alpha value is -1.22. The minimum atomic E-state index is 0.634. The van der Waals surface area contributed by atoms with E-state index in [4.69, 9.17) is 10.5 Å². The van der Waals surface area contributed by atoms with E-state index in [9.17, 15) is 0 Å². The van der Waals surface area contributed by atoms with Crippen LogP contribution in [0, 0.1) is 5.92 Å². The summed E-state index contributed by atoms with van der Waals surface area (Å²) in [6.45, 7) is 2.94. The van der Waals surface area contributed by atoms with Crippen LogP contribution in [0.3, 0.4) is 0 Å².